The Morgan fingerprint density at radius 2 is 2.19 bits per heavy atom. The first-order chi connectivity index (χ1) is 10.1. The van der Waals surface area contributed by atoms with E-state index in [1.165, 1.54) is 11.1 Å². The smallest absolute Gasteiger partial charge is 0.326 e. The Balaban J connectivity index is 1.76. The normalized spacial score (nSPS) is 17.3. The van der Waals surface area contributed by atoms with Crippen molar-refractivity contribution in [1.82, 2.24) is 10.6 Å². The van der Waals surface area contributed by atoms with Gasteiger partial charge in [0, 0.05) is 12.5 Å². The number of hydrogen-bond acceptors (Lipinski definition) is 3. The van der Waals surface area contributed by atoms with Crippen molar-refractivity contribution in [2.24, 2.45) is 0 Å². The molecule has 0 saturated heterocycles. The van der Waals surface area contributed by atoms with Crippen LogP contribution in [-0.2, 0) is 11.2 Å². The van der Waals surface area contributed by atoms with Crippen molar-refractivity contribution in [3.63, 3.8) is 0 Å². The predicted octanol–water partition coefficient (Wildman–Crippen LogP) is 1.83. The lowest BCUT2D eigenvalue weighted by atomic mass is 9.78. The van der Waals surface area contributed by atoms with Gasteiger partial charge in [-0.3, -0.25) is 0 Å². The zero-order valence-corrected chi connectivity index (χ0v) is 12.8. The Kier molecular flexibility index (Phi) is 5.50. The van der Waals surface area contributed by atoms with E-state index in [4.69, 9.17) is 5.11 Å². The van der Waals surface area contributed by atoms with Gasteiger partial charge < -0.3 is 15.7 Å². The van der Waals surface area contributed by atoms with Crippen LogP contribution >= 0.6 is 11.8 Å². The first kappa shape index (κ1) is 15.7. The van der Waals surface area contributed by atoms with Crippen molar-refractivity contribution in [2.75, 3.05) is 18.6 Å². The molecule has 0 aliphatic heterocycles. The van der Waals surface area contributed by atoms with Crippen LogP contribution in [0.2, 0.25) is 0 Å². The highest BCUT2D eigenvalue weighted by Crippen LogP contribution is 2.33. The molecule has 1 unspecified atom stereocenters. The third-order valence-corrected chi connectivity index (χ3v) is 4.33. The maximum Gasteiger partial charge on any atom is 0.326 e. The van der Waals surface area contributed by atoms with Crippen LogP contribution in [0.4, 0.5) is 4.79 Å². The summed E-state index contributed by atoms with van der Waals surface area (Å²) in [5.41, 5.74) is 2.60. The lowest BCUT2D eigenvalue weighted by Crippen LogP contribution is -2.47. The van der Waals surface area contributed by atoms with E-state index in [-0.39, 0.29) is 0 Å². The molecule has 2 amide bonds. The van der Waals surface area contributed by atoms with Gasteiger partial charge in [-0.05, 0) is 36.0 Å². The molecule has 2 atom stereocenters. The SMILES string of the molecule is CSCC[C@@H](NC(=O)NCC1Cc2ccccc21)C(=O)O. The van der Waals surface area contributed by atoms with E-state index in [0.717, 1.165) is 6.42 Å². The summed E-state index contributed by atoms with van der Waals surface area (Å²) in [4.78, 5) is 22.8. The fourth-order valence-electron chi connectivity index (χ4n) is 2.46. The van der Waals surface area contributed by atoms with Gasteiger partial charge in [0.1, 0.15) is 6.04 Å². The van der Waals surface area contributed by atoms with Gasteiger partial charge in [-0.2, -0.15) is 11.8 Å². The van der Waals surface area contributed by atoms with Crippen molar-refractivity contribution in [1.29, 1.82) is 0 Å². The minimum atomic E-state index is -0.992. The van der Waals surface area contributed by atoms with E-state index >= 15 is 0 Å². The summed E-state index contributed by atoms with van der Waals surface area (Å²) in [7, 11) is 0. The number of thioether (sulfide) groups is 1. The molecule has 3 N–H and O–H groups in total. The summed E-state index contributed by atoms with van der Waals surface area (Å²) in [6.07, 6.45) is 3.30. The van der Waals surface area contributed by atoms with E-state index in [9.17, 15) is 9.59 Å². The van der Waals surface area contributed by atoms with Crippen LogP contribution in [0.1, 0.15) is 23.5 Å². The minimum Gasteiger partial charge on any atom is -0.480 e. The minimum absolute atomic E-state index is 0.335. The number of nitrogens with one attached hydrogen (secondary N) is 2. The van der Waals surface area contributed by atoms with Crippen LogP contribution in [0.15, 0.2) is 24.3 Å². The monoisotopic (exact) mass is 308 g/mol. The molecule has 1 aromatic rings. The summed E-state index contributed by atoms with van der Waals surface area (Å²) < 4.78 is 0. The summed E-state index contributed by atoms with van der Waals surface area (Å²) >= 11 is 1.56. The van der Waals surface area contributed by atoms with Crippen molar-refractivity contribution >= 4 is 23.8 Å². The predicted molar refractivity (Wildman–Crippen MR) is 83.8 cm³/mol. The molecule has 6 heteroatoms. The van der Waals surface area contributed by atoms with Gasteiger partial charge in [0.05, 0.1) is 0 Å². The molecule has 0 aromatic heterocycles. The summed E-state index contributed by atoms with van der Waals surface area (Å²) in [5, 5.41) is 14.3. The number of urea groups is 1. The molecular formula is C15H20N2O3S. The number of carbonyl (C=O) groups excluding carboxylic acids is 1. The first-order valence-electron chi connectivity index (χ1n) is 6.95. The van der Waals surface area contributed by atoms with Gasteiger partial charge in [-0.1, -0.05) is 24.3 Å². The third kappa shape index (κ3) is 4.14. The second kappa shape index (κ2) is 7.36. The molecule has 0 spiro atoms. The van der Waals surface area contributed by atoms with Gasteiger partial charge >= 0.3 is 12.0 Å². The lowest BCUT2D eigenvalue weighted by Gasteiger charge is -2.30. The molecule has 1 aliphatic carbocycles. The molecule has 0 heterocycles. The van der Waals surface area contributed by atoms with Crippen molar-refractivity contribution in [3.8, 4) is 0 Å². The maximum absolute atomic E-state index is 11.8. The number of carboxylic acids is 1. The van der Waals surface area contributed by atoms with E-state index in [1.54, 1.807) is 11.8 Å². The van der Waals surface area contributed by atoms with E-state index in [2.05, 4.69) is 22.8 Å². The highest BCUT2D eigenvalue weighted by molar-refractivity contribution is 7.98. The van der Waals surface area contributed by atoms with Gasteiger partial charge in [0.25, 0.3) is 0 Å². The van der Waals surface area contributed by atoms with Gasteiger partial charge in [-0.15, -0.1) is 0 Å². The molecule has 5 nitrogen and oxygen atoms in total. The number of benzene rings is 1. The molecule has 0 radical (unpaired) electrons. The van der Waals surface area contributed by atoms with Gasteiger partial charge in [-0.25, -0.2) is 9.59 Å². The van der Waals surface area contributed by atoms with Crippen molar-refractivity contribution in [2.45, 2.75) is 24.8 Å². The fraction of sp³-hybridized carbons (Fsp3) is 0.467. The van der Waals surface area contributed by atoms with Crippen LogP contribution in [0.3, 0.4) is 0 Å². The van der Waals surface area contributed by atoms with Crippen LogP contribution in [-0.4, -0.2) is 41.7 Å². The number of fused-ring (bicyclic) bond motifs is 1. The topological polar surface area (TPSA) is 78.4 Å². The molecule has 1 aliphatic rings. The van der Waals surface area contributed by atoms with Gasteiger partial charge in [0.15, 0.2) is 0 Å². The van der Waals surface area contributed by atoms with Gasteiger partial charge in [0.2, 0.25) is 0 Å². The van der Waals surface area contributed by atoms with Crippen LogP contribution in [0.25, 0.3) is 0 Å². The third-order valence-electron chi connectivity index (χ3n) is 3.68. The maximum atomic E-state index is 11.8. The Hall–Kier alpha value is -1.69. The molecule has 0 bridgehead atoms. The fourth-order valence-corrected chi connectivity index (χ4v) is 2.93. The molecule has 0 saturated carbocycles. The van der Waals surface area contributed by atoms with Crippen molar-refractivity contribution < 1.29 is 14.7 Å². The Bertz CT molecular complexity index is 521. The molecule has 2 rings (SSSR count). The summed E-state index contributed by atoms with van der Waals surface area (Å²) in [6.45, 7) is 0.539. The molecule has 1 aromatic carbocycles. The lowest BCUT2D eigenvalue weighted by molar-refractivity contribution is -0.139. The van der Waals surface area contributed by atoms with Crippen LogP contribution in [0.5, 0.6) is 0 Å². The summed E-state index contributed by atoms with van der Waals surface area (Å²) in [6, 6.07) is 6.93. The van der Waals surface area contributed by atoms with Crippen molar-refractivity contribution in [3.05, 3.63) is 35.4 Å². The van der Waals surface area contributed by atoms with E-state index in [1.807, 2.05) is 18.4 Å². The molecule has 0 fully saturated rings. The first-order valence-corrected chi connectivity index (χ1v) is 8.35. The number of carbonyl (C=O) groups is 2. The standard InChI is InChI=1S/C15H20N2O3S/c1-21-7-6-13(14(18)19)17-15(20)16-9-11-8-10-4-2-3-5-12(10)11/h2-5,11,13H,6-9H2,1H3,(H,18,19)(H2,16,17,20)/t11?,13-/m1/s1. The Morgan fingerprint density at radius 3 is 2.86 bits per heavy atom. The highest BCUT2D eigenvalue weighted by Gasteiger charge is 2.26. The Morgan fingerprint density at radius 1 is 1.43 bits per heavy atom. The van der Waals surface area contributed by atoms with E-state index < -0.39 is 18.0 Å². The van der Waals surface area contributed by atoms with Crippen LogP contribution < -0.4 is 10.6 Å². The molecular weight excluding hydrogens is 288 g/mol. The second-order valence-corrected chi connectivity index (χ2v) is 6.11. The quantitative estimate of drug-likeness (QED) is 0.718. The number of rotatable bonds is 7. The number of aliphatic carboxylic acids is 1. The molecule has 21 heavy (non-hydrogen) atoms. The average Bonchev–Trinajstić information content (AvgIpc) is 2.44. The van der Waals surface area contributed by atoms with Crippen LogP contribution in [0, 0.1) is 0 Å². The number of carboxylic acid groups (broad SMARTS) is 1. The average molecular weight is 308 g/mol. The summed E-state index contributed by atoms with van der Waals surface area (Å²) in [5.74, 6) is 0.0439. The highest BCUT2D eigenvalue weighted by atomic mass is 32.2. The molecule has 114 valence electrons. The largest absolute Gasteiger partial charge is 0.480 e. The second-order valence-electron chi connectivity index (χ2n) is 5.13. The Labute approximate surface area is 128 Å². The number of amides is 2. The number of hydrogen-bond donors (Lipinski definition) is 3. The zero-order valence-electron chi connectivity index (χ0n) is 12.0. The zero-order chi connectivity index (χ0) is 15.2. The van der Waals surface area contributed by atoms with E-state index in [0.29, 0.717) is 24.6 Å².